The summed E-state index contributed by atoms with van der Waals surface area (Å²) in [5.41, 5.74) is 2.61. The van der Waals surface area contributed by atoms with Gasteiger partial charge < -0.3 is 29.7 Å². The van der Waals surface area contributed by atoms with Crippen molar-refractivity contribution in [2.24, 2.45) is 0 Å². The Morgan fingerprint density at radius 3 is 2.82 bits per heavy atom. The van der Waals surface area contributed by atoms with E-state index in [0.717, 1.165) is 18.7 Å². The SMILES string of the molecule is O=C(NC[C@H]1[C@H](O)[C@H](O)CN1C(=O)CN1CCc2ccccc21)c1ccoc1. The third-order valence-electron chi connectivity index (χ3n) is 5.46. The second kappa shape index (κ2) is 7.65. The van der Waals surface area contributed by atoms with Crippen LogP contribution >= 0.6 is 0 Å². The molecule has 4 rings (SSSR count). The highest BCUT2D eigenvalue weighted by Crippen LogP contribution is 2.28. The number of carbonyl (C=O) groups excluding carboxylic acids is 2. The van der Waals surface area contributed by atoms with Gasteiger partial charge in [0, 0.05) is 25.3 Å². The molecule has 1 aromatic carbocycles. The van der Waals surface area contributed by atoms with Gasteiger partial charge in [0.05, 0.1) is 30.5 Å². The number of rotatable bonds is 5. The van der Waals surface area contributed by atoms with E-state index < -0.39 is 18.2 Å². The molecule has 2 aliphatic heterocycles. The molecule has 8 heteroatoms. The molecule has 1 fully saturated rings. The molecule has 0 aliphatic carbocycles. The smallest absolute Gasteiger partial charge is 0.254 e. The molecule has 2 amide bonds. The molecule has 28 heavy (non-hydrogen) atoms. The van der Waals surface area contributed by atoms with Crippen molar-refractivity contribution in [3.8, 4) is 0 Å². The number of β-amino-alcohol motifs (C(OH)–C–C–N with tert-alkyl or cyclic N) is 1. The van der Waals surface area contributed by atoms with E-state index in [9.17, 15) is 19.8 Å². The van der Waals surface area contributed by atoms with Gasteiger partial charge in [-0.15, -0.1) is 0 Å². The van der Waals surface area contributed by atoms with Crippen LogP contribution in [0, 0.1) is 0 Å². The summed E-state index contributed by atoms with van der Waals surface area (Å²) in [5, 5.41) is 23.1. The van der Waals surface area contributed by atoms with Crippen LogP contribution < -0.4 is 10.2 Å². The minimum absolute atomic E-state index is 0.0434. The van der Waals surface area contributed by atoms with Gasteiger partial charge in [0.15, 0.2) is 0 Å². The molecule has 0 saturated carbocycles. The number of hydrogen-bond acceptors (Lipinski definition) is 6. The number of furan rings is 1. The van der Waals surface area contributed by atoms with Gasteiger partial charge in [-0.25, -0.2) is 0 Å². The molecule has 3 heterocycles. The van der Waals surface area contributed by atoms with Crippen molar-refractivity contribution in [2.45, 2.75) is 24.7 Å². The number of para-hydroxylation sites is 1. The highest BCUT2D eigenvalue weighted by atomic mass is 16.3. The molecule has 3 atom stereocenters. The van der Waals surface area contributed by atoms with Crippen molar-refractivity contribution in [1.29, 1.82) is 0 Å². The van der Waals surface area contributed by atoms with Crippen LogP contribution in [0.5, 0.6) is 0 Å². The Balaban J connectivity index is 1.41. The first-order chi connectivity index (χ1) is 13.5. The molecule has 0 bridgehead atoms. The third kappa shape index (κ3) is 3.48. The number of anilines is 1. The van der Waals surface area contributed by atoms with E-state index in [1.54, 1.807) is 0 Å². The van der Waals surface area contributed by atoms with Gasteiger partial charge >= 0.3 is 0 Å². The van der Waals surface area contributed by atoms with Crippen LogP contribution in [-0.4, -0.2) is 71.4 Å². The van der Waals surface area contributed by atoms with Gasteiger partial charge in [-0.2, -0.15) is 0 Å². The van der Waals surface area contributed by atoms with Crippen LogP contribution in [-0.2, 0) is 11.2 Å². The Morgan fingerprint density at radius 2 is 2.04 bits per heavy atom. The van der Waals surface area contributed by atoms with Gasteiger partial charge in [-0.1, -0.05) is 18.2 Å². The normalized spacial score (nSPS) is 23.7. The minimum Gasteiger partial charge on any atom is -0.472 e. The summed E-state index contributed by atoms with van der Waals surface area (Å²) < 4.78 is 4.89. The lowest BCUT2D eigenvalue weighted by molar-refractivity contribution is -0.131. The van der Waals surface area contributed by atoms with Crippen molar-refractivity contribution < 1.29 is 24.2 Å². The summed E-state index contributed by atoms with van der Waals surface area (Å²) >= 11 is 0. The Morgan fingerprint density at radius 1 is 1.21 bits per heavy atom. The predicted octanol–water partition coefficient (Wildman–Crippen LogP) is 0.00470. The number of hydrogen-bond donors (Lipinski definition) is 3. The molecule has 0 unspecified atom stereocenters. The van der Waals surface area contributed by atoms with Gasteiger partial charge in [-0.05, 0) is 24.1 Å². The largest absolute Gasteiger partial charge is 0.472 e. The van der Waals surface area contributed by atoms with Crippen molar-refractivity contribution >= 4 is 17.5 Å². The van der Waals surface area contributed by atoms with E-state index in [-0.39, 0.29) is 31.4 Å². The maximum Gasteiger partial charge on any atom is 0.254 e. The zero-order chi connectivity index (χ0) is 19.7. The molecule has 1 aromatic heterocycles. The number of benzene rings is 1. The van der Waals surface area contributed by atoms with E-state index in [1.807, 2.05) is 23.1 Å². The van der Waals surface area contributed by atoms with Crippen LogP contribution in [0.2, 0.25) is 0 Å². The molecule has 2 aliphatic rings. The number of aliphatic hydroxyl groups excluding tert-OH is 2. The van der Waals surface area contributed by atoms with Crippen LogP contribution in [0.4, 0.5) is 5.69 Å². The van der Waals surface area contributed by atoms with Crippen molar-refractivity contribution in [1.82, 2.24) is 10.2 Å². The molecule has 148 valence electrons. The van der Waals surface area contributed by atoms with Gasteiger partial charge in [0.2, 0.25) is 5.91 Å². The van der Waals surface area contributed by atoms with Crippen LogP contribution in [0.15, 0.2) is 47.3 Å². The highest BCUT2D eigenvalue weighted by Gasteiger charge is 2.42. The van der Waals surface area contributed by atoms with E-state index in [4.69, 9.17) is 4.42 Å². The van der Waals surface area contributed by atoms with Crippen LogP contribution in [0.1, 0.15) is 15.9 Å². The zero-order valence-electron chi connectivity index (χ0n) is 15.3. The van der Waals surface area contributed by atoms with Crippen molar-refractivity contribution in [3.63, 3.8) is 0 Å². The van der Waals surface area contributed by atoms with Crippen molar-refractivity contribution in [3.05, 3.63) is 54.0 Å². The number of nitrogens with zero attached hydrogens (tertiary/aromatic N) is 2. The summed E-state index contributed by atoms with van der Waals surface area (Å²) in [5.74, 6) is -0.543. The quantitative estimate of drug-likeness (QED) is 0.669. The average Bonchev–Trinajstić information content (AvgIpc) is 3.42. The van der Waals surface area contributed by atoms with Crippen LogP contribution in [0.3, 0.4) is 0 Å². The van der Waals surface area contributed by atoms with Crippen molar-refractivity contribution in [2.75, 3.05) is 31.1 Å². The standard InChI is InChI=1S/C20H23N3O5/c24-17-10-23(16(19(17)26)9-21-20(27)14-6-8-28-12-14)18(25)11-22-7-5-13-3-1-2-4-15(13)22/h1-4,6,8,12,16-17,19,24,26H,5,7,9-11H2,(H,21,27)/t16-,17+,19-/m0/s1. The Hall–Kier alpha value is -2.84. The highest BCUT2D eigenvalue weighted by molar-refractivity contribution is 5.93. The molecule has 0 radical (unpaired) electrons. The monoisotopic (exact) mass is 385 g/mol. The first-order valence-electron chi connectivity index (χ1n) is 9.33. The molecule has 8 nitrogen and oxygen atoms in total. The molecular formula is C20H23N3O5. The fourth-order valence-electron chi connectivity index (χ4n) is 3.92. The zero-order valence-corrected chi connectivity index (χ0v) is 15.3. The Bertz CT molecular complexity index is 853. The molecule has 0 spiro atoms. The maximum absolute atomic E-state index is 12.9. The number of carbonyl (C=O) groups is 2. The molecule has 1 saturated heterocycles. The number of amides is 2. The maximum atomic E-state index is 12.9. The minimum atomic E-state index is -1.11. The number of fused-ring (bicyclic) bond motifs is 1. The van der Waals surface area contributed by atoms with E-state index >= 15 is 0 Å². The van der Waals surface area contributed by atoms with Gasteiger partial charge in [-0.3, -0.25) is 9.59 Å². The molecular weight excluding hydrogens is 362 g/mol. The summed E-state index contributed by atoms with van der Waals surface area (Å²) in [6.45, 7) is 1.01. The molecule has 3 N–H and O–H groups in total. The fourth-order valence-corrected chi connectivity index (χ4v) is 3.92. The lowest BCUT2D eigenvalue weighted by Gasteiger charge is -2.28. The first kappa shape index (κ1) is 18.5. The predicted molar refractivity (Wildman–Crippen MR) is 101 cm³/mol. The summed E-state index contributed by atoms with van der Waals surface area (Å²) in [6, 6.07) is 8.82. The fraction of sp³-hybridized carbons (Fsp3) is 0.400. The molecule has 2 aromatic rings. The average molecular weight is 385 g/mol. The van der Waals surface area contributed by atoms with E-state index in [1.165, 1.54) is 29.1 Å². The van der Waals surface area contributed by atoms with Crippen LogP contribution in [0.25, 0.3) is 0 Å². The number of aliphatic hydroxyl groups is 2. The van der Waals surface area contributed by atoms with E-state index in [0.29, 0.717) is 5.56 Å². The number of likely N-dealkylation sites (tertiary alicyclic amines) is 1. The summed E-state index contributed by atoms with van der Waals surface area (Å²) in [7, 11) is 0. The topological polar surface area (TPSA) is 106 Å². The van der Waals surface area contributed by atoms with E-state index in [2.05, 4.69) is 11.4 Å². The second-order valence-electron chi connectivity index (χ2n) is 7.19. The second-order valence-corrected chi connectivity index (χ2v) is 7.19. The lowest BCUT2D eigenvalue weighted by Crippen LogP contribution is -2.50. The third-order valence-corrected chi connectivity index (χ3v) is 5.46. The van der Waals surface area contributed by atoms with Gasteiger partial charge in [0.1, 0.15) is 12.4 Å². The lowest BCUT2D eigenvalue weighted by atomic mass is 10.1. The van der Waals surface area contributed by atoms with Gasteiger partial charge in [0.25, 0.3) is 5.91 Å². The Labute approximate surface area is 162 Å². The summed E-state index contributed by atoms with van der Waals surface area (Å²) in [4.78, 5) is 28.5. The first-order valence-corrected chi connectivity index (χ1v) is 9.33. The Kier molecular flexibility index (Phi) is 5.06. The number of nitrogens with one attached hydrogen (secondary N) is 1. The summed E-state index contributed by atoms with van der Waals surface area (Å²) in [6.07, 6.45) is 1.46.